The molecule has 0 saturated carbocycles. The quantitative estimate of drug-likeness (QED) is 0.205. The van der Waals surface area contributed by atoms with E-state index in [0.29, 0.717) is 0 Å². The van der Waals surface area contributed by atoms with E-state index in [-0.39, 0.29) is 0 Å². The second-order valence-corrected chi connectivity index (χ2v) is 11.4. The third kappa shape index (κ3) is 2.95. The fraction of sp³-hybridized carbons (Fsp3) is 0. The van der Waals surface area contributed by atoms with Crippen molar-refractivity contribution in [2.75, 3.05) is 0 Å². The molecule has 0 N–H and O–H groups in total. The van der Waals surface area contributed by atoms with E-state index in [0.717, 1.165) is 11.2 Å². The average Bonchev–Trinajstić information content (AvgIpc) is 3.56. The molecule has 0 aliphatic carbocycles. The Morgan fingerprint density at radius 2 is 1.05 bits per heavy atom. The fourth-order valence-electron chi connectivity index (χ4n) is 6.52. The van der Waals surface area contributed by atoms with Crippen LogP contribution in [0.25, 0.3) is 80.8 Å². The minimum Gasteiger partial charge on any atom is -0.284 e. The molecule has 0 unspecified atom stereocenters. The molecule has 40 heavy (non-hydrogen) atoms. The van der Waals surface area contributed by atoms with Crippen LogP contribution in [0.3, 0.4) is 0 Å². The van der Waals surface area contributed by atoms with E-state index in [4.69, 9.17) is 4.98 Å². The lowest BCUT2D eigenvalue weighted by Crippen LogP contribution is -1.96. The van der Waals surface area contributed by atoms with Gasteiger partial charge in [0, 0.05) is 15.6 Å². The topological polar surface area (TPSA) is 17.3 Å². The van der Waals surface area contributed by atoms with Gasteiger partial charge in [-0.25, -0.2) is 4.98 Å². The first-order valence-electron chi connectivity index (χ1n) is 13.6. The number of nitrogens with zero attached hydrogens (tertiary/aromatic N) is 2. The maximum atomic E-state index is 5.12. The molecule has 0 radical (unpaired) electrons. The highest BCUT2D eigenvalue weighted by Gasteiger charge is 2.21. The Balaban J connectivity index is 1.47. The molecule has 9 rings (SSSR count). The van der Waals surface area contributed by atoms with Crippen molar-refractivity contribution in [1.82, 2.24) is 9.38 Å². The van der Waals surface area contributed by atoms with Crippen molar-refractivity contribution in [1.29, 1.82) is 0 Å². The van der Waals surface area contributed by atoms with Crippen LogP contribution in [0.1, 0.15) is 0 Å². The highest BCUT2D eigenvalue weighted by Crippen LogP contribution is 2.46. The van der Waals surface area contributed by atoms with Gasteiger partial charge in [0.05, 0.1) is 5.69 Å². The lowest BCUT2D eigenvalue weighted by molar-refractivity contribution is 1.25. The van der Waals surface area contributed by atoms with Gasteiger partial charge in [0.25, 0.3) is 0 Å². The molecule has 2 nitrogen and oxygen atoms in total. The van der Waals surface area contributed by atoms with Crippen LogP contribution in [0.5, 0.6) is 0 Å². The maximum Gasteiger partial charge on any atom is 0.139 e. The summed E-state index contributed by atoms with van der Waals surface area (Å²) in [5.41, 5.74) is 7.03. The predicted molar refractivity (Wildman–Crippen MR) is 171 cm³/mol. The lowest BCUT2D eigenvalue weighted by atomic mass is 9.85. The molecular weight excluding hydrogens is 504 g/mol. The smallest absolute Gasteiger partial charge is 0.139 e. The number of rotatable bonds is 2. The Bertz CT molecular complexity index is 2380. The van der Waals surface area contributed by atoms with Crippen molar-refractivity contribution in [3.8, 4) is 22.4 Å². The first-order valence-corrected chi connectivity index (χ1v) is 14.4. The van der Waals surface area contributed by atoms with Gasteiger partial charge in [-0.2, -0.15) is 0 Å². The summed E-state index contributed by atoms with van der Waals surface area (Å²) in [6.45, 7) is 0. The Morgan fingerprint density at radius 3 is 1.80 bits per heavy atom. The third-order valence-corrected chi connectivity index (χ3v) is 9.34. The van der Waals surface area contributed by atoms with E-state index in [9.17, 15) is 0 Å². The van der Waals surface area contributed by atoms with E-state index >= 15 is 0 Å². The molecule has 186 valence electrons. The molecule has 0 amide bonds. The first-order chi connectivity index (χ1) is 19.9. The molecule has 9 aromatic rings. The summed E-state index contributed by atoms with van der Waals surface area (Å²) in [6, 6.07) is 48.3. The number of hydrogen-bond acceptors (Lipinski definition) is 2. The molecule has 0 bridgehead atoms. The van der Waals surface area contributed by atoms with Crippen molar-refractivity contribution in [2.45, 2.75) is 0 Å². The number of imidazole rings is 1. The molecule has 0 spiro atoms. The monoisotopic (exact) mass is 526 g/mol. The molecular formula is C37H22N2S. The van der Waals surface area contributed by atoms with Gasteiger partial charge in [-0.05, 0) is 61.6 Å². The van der Waals surface area contributed by atoms with Crippen LogP contribution in [0.15, 0.2) is 133 Å². The zero-order valence-electron chi connectivity index (χ0n) is 21.5. The van der Waals surface area contributed by atoms with Crippen LogP contribution in [0.2, 0.25) is 0 Å². The molecule has 0 saturated heterocycles. The number of thiophene rings is 1. The molecule has 0 fully saturated rings. The van der Waals surface area contributed by atoms with E-state index in [1.54, 1.807) is 0 Å². The van der Waals surface area contributed by atoms with Crippen molar-refractivity contribution in [2.24, 2.45) is 0 Å². The SMILES string of the molecule is c1ccc2c(-c3c4ccccc4c(-c4cccc5nc6c7ccccc7sc6n45)c4ccccc34)cccc2c1. The highest BCUT2D eigenvalue weighted by molar-refractivity contribution is 7.25. The van der Waals surface area contributed by atoms with Gasteiger partial charge in [0.1, 0.15) is 16.0 Å². The summed E-state index contributed by atoms with van der Waals surface area (Å²) in [4.78, 5) is 6.31. The van der Waals surface area contributed by atoms with Crippen LogP contribution >= 0.6 is 11.3 Å². The Kier molecular flexibility index (Phi) is 4.52. The number of fused-ring (bicyclic) bond motifs is 8. The molecule has 0 atom stereocenters. The first kappa shape index (κ1) is 21.9. The van der Waals surface area contributed by atoms with Crippen LogP contribution in [-0.2, 0) is 0 Å². The summed E-state index contributed by atoms with van der Waals surface area (Å²) in [5, 5.41) is 8.77. The van der Waals surface area contributed by atoms with Crippen LogP contribution in [-0.4, -0.2) is 9.38 Å². The number of benzene rings is 6. The standard InChI is InChI=1S/C37H22N2S/c1-2-13-24-23(11-1)12-9-19-25(24)34-26-14-3-5-16-28(26)35(29-17-6-4-15-27(29)34)31-20-10-22-33-38-36-30-18-7-8-21-32(30)40-37(36)39(31)33/h1-22H. The summed E-state index contributed by atoms with van der Waals surface area (Å²) >= 11 is 1.82. The van der Waals surface area contributed by atoms with Crippen molar-refractivity contribution in [3.05, 3.63) is 133 Å². The molecule has 0 aliphatic heterocycles. The van der Waals surface area contributed by atoms with Gasteiger partial charge in [0.15, 0.2) is 0 Å². The lowest BCUT2D eigenvalue weighted by Gasteiger charge is -2.19. The molecule has 3 heterocycles. The molecule has 0 aliphatic rings. The van der Waals surface area contributed by atoms with E-state index in [1.165, 1.54) is 69.6 Å². The summed E-state index contributed by atoms with van der Waals surface area (Å²) < 4.78 is 3.64. The molecule has 6 aromatic carbocycles. The summed E-state index contributed by atoms with van der Waals surface area (Å²) in [6.07, 6.45) is 0. The van der Waals surface area contributed by atoms with Crippen LogP contribution in [0, 0.1) is 0 Å². The summed E-state index contributed by atoms with van der Waals surface area (Å²) in [5.74, 6) is 0. The van der Waals surface area contributed by atoms with Crippen LogP contribution < -0.4 is 0 Å². The van der Waals surface area contributed by atoms with Gasteiger partial charge in [0.2, 0.25) is 0 Å². The van der Waals surface area contributed by atoms with Gasteiger partial charge < -0.3 is 0 Å². The summed E-state index contributed by atoms with van der Waals surface area (Å²) in [7, 11) is 0. The third-order valence-electron chi connectivity index (χ3n) is 8.20. The highest BCUT2D eigenvalue weighted by atomic mass is 32.1. The van der Waals surface area contributed by atoms with Crippen molar-refractivity contribution < 1.29 is 0 Å². The zero-order chi connectivity index (χ0) is 26.2. The Labute approximate surface area is 234 Å². The van der Waals surface area contributed by atoms with E-state index in [2.05, 4.69) is 138 Å². The Hall–Kier alpha value is -4.99. The van der Waals surface area contributed by atoms with Crippen molar-refractivity contribution in [3.63, 3.8) is 0 Å². The largest absolute Gasteiger partial charge is 0.284 e. The van der Waals surface area contributed by atoms with Gasteiger partial charge in [-0.15, -0.1) is 11.3 Å². The minimum atomic E-state index is 0.982. The van der Waals surface area contributed by atoms with Gasteiger partial charge >= 0.3 is 0 Å². The predicted octanol–water partition coefficient (Wildman–Crippen LogP) is 10.5. The number of pyridine rings is 1. The molecule has 3 aromatic heterocycles. The average molecular weight is 527 g/mol. The number of hydrogen-bond donors (Lipinski definition) is 0. The van der Waals surface area contributed by atoms with E-state index < -0.39 is 0 Å². The van der Waals surface area contributed by atoms with Gasteiger partial charge in [-0.3, -0.25) is 4.40 Å². The normalized spacial score (nSPS) is 12.0. The zero-order valence-corrected chi connectivity index (χ0v) is 22.3. The van der Waals surface area contributed by atoms with Gasteiger partial charge in [-0.1, -0.05) is 115 Å². The minimum absolute atomic E-state index is 0.982. The second kappa shape index (κ2) is 8.25. The fourth-order valence-corrected chi connectivity index (χ4v) is 7.69. The van der Waals surface area contributed by atoms with Crippen molar-refractivity contribution >= 4 is 69.7 Å². The molecule has 3 heteroatoms. The number of aromatic nitrogens is 2. The Morgan fingerprint density at radius 1 is 0.475 bits per heavy atom. The van der Waals surface area contributed by atoms with E-state index in [1.807, 2.05) is 11.3 Å². The van der Waals surface area contributed by atoms with Crippen LogP contribution in [0.4, 0.5) is 0 Å². The maximum absolute atomic E-state index is 5.12. The second-order valence-electron chi connectivity index (χ2n) is 10.3.